The summed E-state index contributed by atoms with van der Waals surface area (Å²) in [6.07, 6.45) is 0.724. The second kappa shape index (κ2) is 5.72. The van der Waals surface area contributed by atoms with Gasteiger partial charge < -0.3 is 14.8 Å². The first-order valence-corrected chi connectivity index (χ1v) is 5.55. The van der Waals surface area contributed by atoms with E-state index in [1.54, 1.807) is 0 Å². The minimum absolute atomic E-state index is 0.0864. The van der Waals surface area contributed by atoms with Gasteiger partial charge in [0.05, 0.1) is 5.69 Å². The molecule has 6 nitrogen and oxygen atoms in total. The zero-order chi connectivity index (χ0) is 13.7. The van der Waals surface area contributed by atoms with E-state index >= 15 is 0 Å². The van der Waals surface area contributed by atoms with E-state index in [4.69, 9.17) is 9.84 Å². The van der Waals surface area contributed by atoms with Crippen LogP contribution in [-0.4, -0.2) is 22.2 Å². The number of aromatic amines is 1. The van der Waals surface area contributed by atoms with Gasteiger partial charge in [-0.15, -0.1) is 0 Å². The van der Waals surface area contributed by atoms with Crippen molar-refractivity contribution in [1.82, 2.24) is 4.98 Å². The molecule has 1 amide bonds. The van der Waals surface area contributed by atoms with Gasteiger partial charge in [0.25, 0.3) is 0 Å². The molecular weight excluding hydrogens is 248 g/mol. The summed E-state index contributed by atoms with van der Waals surface area (Å²) in [5.41, 5.74) is 0.937. The third-order valence-electron chi connectivity index (χ3n) is 2.41. The van der Waals surface area contributed by atoms with Crippen molar-refractivity contribution in [2.75, 3.05) is 5.32 Å². The SMILES string of the molecule is O=C(Nc1cc[nH]c1C(=O)O)OCc1ccccc1. The highest BCUT2D eigenvalue weighted by atomic mass is 16.5. The molecule has 0 aliphatic heterocycles. The number of carboxylic acids is 1. The summed E-state index contributed by atoms with van der Waals surface area (Å²) in [7, 11) is 0. The molecule has 0 fully saturated rings. The topological polar surface area (TPSA) is 91.4 Å². The Morgan fingerprint density at radius 1 is 1.21 bits per heavy atom. The lowest BCUT2D eigenvalue weighted by atomic mass is 10.2. The van der Waals surface area contributed by atoms with E-state index in [9.17, 15) is 9.59 Å². The van der Waals surface area contributed by atoms with Crippen molar-refractivity contribution in [3.8, 4) is 0 Å². The number of rotatable bonds is 4. The van der Waals surface area contributed by atoms with Gasteiger partial charge in [-0.25, -0.2) is 9.59 Å². The van der Waals surface area contributed by atoms with Crippen LogP contribution in [-0.2, 0) is 11.3 Å². The van der Waals surface area contributed by atoms with Crippen molar-refractivity contribution in [1.29, 1.82) is 0 Å². The molecule has 98 valence electrons. The number of benzene rings is 1. The number of aromatic nitrogens is 1. The second-order valence-electron chi connectivity index (χ2n) is 3.76. The Morgan fingerprint density at radius 3 is 2.63 bits per heavy atom. The smallest absolute Gasteiger partial charge is 0.412 e. The normalized spacial score (nSPS) is 9.89. The summed E-state index contributed by atoms with van der Waals surface area (Å²) in [6.45, 7) is 0.125. The quantitative estimate of drug-likeness (QED) is 0.787. The number of hydrogen-bond donors (Lipinski definition) is 3. The summed E-state index contributed by atoms with van der Waals surface area (Å²) >= 11 is 0. The summed E-state index contributed by atoms with van der Waals surface area (Å²) in [4.78, 5) is 24.9. The zero-order valence-electron chi connectivity index (χ0n) is 9.92. The molecule has 6 heteroatoms. The summed E-state index contributed by atoms with van der Waals surface area (Å²) in [6, 6.07) is 10.6. The maximum absolute atomic E-state index is 11.5. The van der Waals surface area contributed by atoms with Gasteiger partial charge in [-0.2, -0.15) is 0 Å². The van der Waals surface area contributed by atoms with Gasteiger partial charge in [-0.1, -0.05) is 30.3 Å². The Bertz CT molecular complexity index is 577. The maximum atomic E-state index is 11.5. The van der Waals surface area contributed by atoms with Crippen molar-refractivity contribution in [3.63, 3.8) is 0 Å². The number of amides is 1. The molecule has 1 aromatic carbocycles. The minimum Gasteiger partial charge on any atom is -0.477 e. The number of anilines is 1. The lowest BCUT2D eigenvalue weighted by Crippen LogP contribution is -2.15. The molecule has 0 bridgehead atoms. The minimum atomic E-state index is -1.15. The zero-order valence-corrected chi connectivity index (χ0v) is 9.92. The predicted molar refractivity (Wildman–Crippen MR) is 68.0 cm³/mol. The van der Waals surface area contributed by atoms with Crippen molar-refractivity contribution >= 4 is 17.7 Å². The molecule has 2 aromatic rings. The van der Waals surface area contributed by atoms with Crippen LogP contribution in [0.5, 0.6) is 0 Å². The second-order valence-corrected chi connectivity index (χ2v) is 3.76. The molecule has 0 spiro atoms. The number of carbonyl (C=O) groups is 2. The number of carboxylic acid groups (broad SMARTS) is 1. The maximum Gasteiger partial charge on any atom is 0.412 e. The van der Waals surface area contributed by atoms with Crippen LogP contribution in [0.2, 0.25) is 0 Å². The molecule has 0 saturated heterocycles. The Morgan fingerprint density at radius 2 is 1.95 bits per heavy atom. The van der Waals surface area contributed by atoms with Gasteiger partial charge in [-0.05, 0) is 11.6 Å². The lowest BCUT2D eigenvalue weighted by molar-refractivity contribution is 0.0692. The Labute approximate surface area is 109 Å². The molecule has 1 heterocycles. The molecule has 1 aromatic heterocycles. The highest BCUT2D eigenvalue weighted by Crippen LogP contribution is 2.13. The van der Waals surface area contributed by atoms with E-state index < -0.39 is 12.1 Å². The average molecular weight is 260 g/mol. The summed E-state index contributed by atoms with van der Waals surface area (Å²) in [5.74, 6) is -1.15. The van der Waals surface area contributed by atoms with E-state index in [0.29, 0.717) is 0 Å². The molecule has 0 aliphatic rings. The van der Waals surface area contributed by atoms with Crippen LogP contribution in [0.3, 0.4) is 0 Å². The highest BCUT2D eigenvalue weighted by molar-refractivity contribution is 5.97. The van der Waals surface area contributed by atoms with Crippen LogP contribution in [0.25, 0.3) is 0 Å². The van der Waals surface area contributed by atoms with Crippen LogP contribution >= 0.6 is 0 Å². The van der Waals surface area contributed by atoms with Crippen LogP contribution < -0.4 is 5.32 Å². The molecule has 0 radical (unpaired) electrons. The molecule has 0 unspecified atom stereocenters. The largest absolute Gasteiger partial charge is 0.477 e. The Balaban J connectivity index is 1.91. The molecule has 19 heavy (non-hydrogen) atoms. The van der Waals surface area contributed by atoms with E-state index in [1.807, 2.05) is 30.3 Å². The standard InChI is InChI=1S/C13H12N2O4/c16-12(17)11-10(6-7-14-11)15-13(18)19-8-9-4-2-1-3-5-9/h1-7,14H,8H2,(H,15,18)(H,16,17). The number of H-pyrrole nitrogens is 1. The summed E-state index contributed by atoms with van der Waals surface area (Å²) < 4.78 is 4.98. The van der Waals surface area contributed by atoms with E-state index in [2.05, 4.69) is 10.3 Å². The fraction of sp³-hybridized carbons (Fsp3) is 0.0769. The molecule has 0 saturated carbocycles. The van der Waals surface area contributed by atoms with Gasteiger partial charge in [0.1, 0.15) is 12.3 Å². The fourth-order valence-electron chi connectivity index (χ4n) is 1.52. The van der Waals surface area contributed by atoms with E-state index in [-0.39, 0.29) is 18.0 Å². The predicted octanol–water partition coefficient (Wildman–Crippen LogP) is 2.46. The number of hydrogen-bond acceptors (Lipinski definition) is 3. The number of nitrogens with one attached hydrogen (secondary N) is 2. The third kappa shape index (κ3) is 3.35. The summed E-state index contributed by atoms with van der Waals surface area (Å²) in [5, 5.41) is 11.2. The van der Waals surface area contributed by atoms with Crippen LogP contribution in [0.1, 0.15) is 16.1 Å². The lowest BCUT2D eigenvalue weighted by Gasteiger charge is -2.06. The van der Waals surface area contributed by atoms with Crippen LogP contribution in [0.4, 0.5) is 10.5 Å². The highest BCUT2D eigenvalue weighted by Gasteiger charge is 2.13. The fourth-order valence-corrected chi connectivity index (χ4v) is 1.52. The molecule has 2 rings (SSSR count). The average Bonchev–Trinajstić information content (AvgIpc) is 2.86. The molecule has 0 atom stereocenters. The van der Waals surface area contributed by atoms with Gasteiger partial charge in [0.2, 0.25) is 0 Å². The van der Waals surface area contributed by atoms with E-state index in [0.717, 1.165) is 5.56 Å². The first kappa shape index (κ1) is 12.7. The van der Waals surface area contributed by atoms with Crippen molar-refractivity contribution in [3.05, 3.63) is 53.9 Å². The Kier molecular flexibility index (Phi) is 3.82. The first-order chi connectivity index (χ1) is 9.16. The molecular formula is C13H12N2O4. The molecule has 0 aliphatic carbocycles. The molecule has 3 N–H and O–H groups in total. The van der Waals surface area contributed by atoms with Gasteiger partial charge in [0, 0.05) is 6.20 Å². The van der Waals surface area contributed by atoms with Crippen molar-refractivity contribution in [2.45, 2.75) is 6.61 Å². The van der Waals surface area contributed by atoms with Crippen LogP contribution in [0, 0.1) is 0 Å². The van der Waals surface area contributed by atoms with Gasteiger partial charge in [0.15, 0.2) is 0 Å². The third-order valence-corrected chi connectivity index (χ3v) is 2.41. The van der Waals surface area contributed by atoms with E-state index in [1.165, 1.54) is 12.3 Å². The number of ether oxygens (including phenoxy) is 1. The van der Waals surface area contributed by atoms with Crippen molar-refractivity contribution in [2.24, 2.45) is 0 Å². The first-order valence-electron chi connectivity index (χ1n) is 5.55. The van der Waals surface area contributed by atoms with Gasteiger partial charge in [-0.3, -0.25) is 5.32 Å². The van der Waals surface area contributed by atoms with Crippen molar-refractivity contribution < 1.29 is 19.4 Å². The number of aromatic carboxylic acids is 1. The van der Waals surface area contributed by atoms with Crippen LogP contribution in [0.15, 0.2) is 42.6 Å². The Hall–Kier alpha value is -2.76. The number of carbonyl (C=O) groups excluding carboxylic acids is 1. The monoisotopic (exact) mass is 260 g/mol. The van der Waals surface area contributed by atoms with Gasteiger partial charge >= 0.3 is 12.1 Å².